The van der Waals surface area contributed by atoms with Crippen LogP contribution in [0, 0.1) is 0 Å². The van der Waals surface area contributed by atoms with E-state index in [0.717, 1.165) is 25.0 Å². The molecule has 2 N–H and O–H groups in total. The fourth-order valence-electron chi connectivity index (χ4n) is 2.43. The average Bonchev–Trinajstić information content (AvgIpc) is 3.21. The molecule has 128 valence electrons. The molecule has 1 aliphatic heterocycles. The summed E-state index contributed by atoms with van der Waals surface area (Å²) in [6.07, 6.45) is 3.98. The van der Waals surface area contributed by atoms with Crippen molar-refractivity contribution >= 4 is 46.5 Å². The summed E-state index contributed by atoms with van der Waals surface area (Å²) in [5.41, 5.74) is 0.802. The van der Waals surface area contributed by atoms with Gasteiger partial charge in [-0.25, -0.2) is 9.67 Å². The maximum Gasteiger partial charge on any atom is 0.248 e. The van der Waals surface area contributed by atoms with E-state index in [0.29, 0.717) is 34.2 Å². The molecule has 6 nitrogen and oxygen atoms in total. The van der Waals surface area contributed by atoms with Crippen LogP contribution in [0.1, 0.15) is 18.4 Å². The number of rotatable bonds is 5. The topological polar surface area (TPSA) is 64.0 Å². The van der Waals surface area contributed by atoms with E-state index in [1.54, 1.807) is 29.2 Å². The van der Waals surface area contributed by atoms with Gasteiger partial charge in [-0.05, 0) is 37.2 Å². The highest BCUT2D eigenvalue weighted by molar-refractivity contribution is 7.80. The maximum absolute atomic E-state index is 6.17. The molecule has 1 aliphatic rings. The molecular formula is C15H17Cl2N5OS. The highest BCUT2D eigenvalue weighted by Gasteiger charge is 2.15. The monoisotopic (exact) mass is 385 g/mol. The summed E-state index contributed by atoms with van der Waals surface area (Å²) in [7, 11) is 0. The van der Waals surface area contributed by atoms with Crippen LogP contribution in [-0.2, 0) is 11.3 Å². The second-order valence-corrected chi connectivity index (χ2v) is 6.66. The zero-order chi connectivity index (χ0) is 16.9. The lowest BCUT2D eigenvalue weighted by atomic mass is 10.2. The van der Waals surface area contributed by atoms with E-state index in [-0.39, 0.29) is 6.10 Å². The molecule has 0 spiro atoms. The Morgan fingerprint density at radius 3 is 2.88 bits per heavy atom. The molecule has 0 saturated carbocycles. The van der Waals surface area contributed by atoms with Crippen LogP contribution in [-0.4, -0.2) is 39.1 Å². The Hall–Kier alpha value is -1.41. The third kappa shape index (κ3) is 4.57. The van der Waals surface area contributed by atoms with Gasteiger partial charge in [-0.1, -0.05) is 29.3 Å². The van der Waals surface area contributed by atoms with Gasteiger partial charge in [-0.2, -0.15) is 0 Å². The number of hydrogen-bond donors (Lipinski definition) is 2. The van der Waals surface area contributed by atoms with Crippen LogP contribution in [0.4, 0.5) is 5.95 Å². The van der Waals surface area contributed by atoms with Crippen molar-refractivity contribution in [2.45, 2.75) is 25.5 Å². The summed E-state index contributed by atoms with van der Waals surface area (Å²) in [4.78, 5) is 4.19. The molecule has 0 bridgehead atoms. The minimum atomic E-state index is 0.220. The average molecular weight is 386 g/mol. The van der Waals surface area contributed by atoms with Gasteiger partial charge in [0, 0.05) is 28.8 Å². The third-order valence-electron chi connectivity index (χ3n) is 3.66. The lowest BCUT2D eigenvalue weighted by Crippen LogP contribution is -2.35. The predicted octanol–water partition coefficient (Wildman–Crippen LogP) is 3.10. The molecule has 2 heterocycles. The van der Waals surface area contributed by atoms with Gasteiger partial charge in [0.2, 0.25) is 5.95 Å². The molecule has 2 aromatic rings. The molecule has 0 aliphatic carbocycles. The van der Waals surface area contributed by atoms with E-state index in [1.165, 1.54) is 0 Å². The summed E-state index contributed by atoms with van der Waals surface area (Å²) >= 11 is 17.6. The molecular weight excluding hydrogens is 369 g/mol. The largest absolute Gasteiger partial charge is 0.376 e. The number of anilines is 1. The van der Waals surface area contributed by atoms with Crippen molar-refractivity contribution in [3.8, 4) is 0 Å². The number of ether oxygens (including phenoxy) is 1. The number of nitrogens with zero attached hydrogens (tertiary/aromatic N) is 3. The molecule has 1 aromatic carbocycles. The van der Waals surface area contributed by atoms with E-state index in [1.807, 2.05) is 0 Å². The fraction of sp³-hybridized carbons (Fsp3) is 0.400. The van der Waals surface area contributed by atoms with Gasteiger partial charge in [-0.3, -0.25) is 5.32 Å². The number of nitrogens with one attached hydrogen (secondary N) is 2. The van der Waals surface area contributed by atoms with E-state index in [4.69, 9.17) is 40.2 Å². The number of aromatic nitrogens is 3. The second kappa shape index (κ2) is 8.11. The van der Waals surface area contributed by atoms with Gasteiger partial charge in [-0.15, -0.1) is 5.10 Å². The Bertz CT molecular complexity index is 697. The Morgan fingerprint density at radius 2 is 2.17 bits per heavy atom. The highest BCUT2D eigenvalue weighted by Crippen LogP contribution is 2.24. The first-order valence-electron chi connectivity index (χ1n) is 7.60. The van der Waals surface area contributed by atoms with Crippen LogP contribution in [0.2, 0.25) is 10.0 Å². The maximum atomic E-state index is 6.17. The Balaban J connectivity index is 1.54. The van der Waals surface area contributed by atoms with Gasteiger partial charge in [0.1, 0.15) is 6.33 Å². The van der Waals surface area contributed by atoms with Crippen molar-refractivity contribution in [2.75, 3.05) is 18.5 Å². The fourth-order valence-corrected chi connectivity index (χ4v) is 3.12. The van der Waals surface area contributed by atoms with Crippen LogP contribution in [0.15, 0.2) is 24.5 Å². The van der Waals surface area contributed by atoms with Gasteiger partial charge in [0.05, 0.1) is 12.6 Å². The zero-order valence-electron chi connectivity index (χ0n) is 12.8. The van der Waals surface area contributed by atoms with Gasteiger partial charge >= 0.3 is 0 Å². The molecule has 0 amide bonds. The van der Waals surface area contributed by atoms with Crippen LogP contribution >= 0.6 is 35.4 Å². The summed E-state index contributed by atoms with van der Waals surface area (Å²) < 4.78 is 7.19. The van der Waals surface area contributed by atoms with E-state index in [2.05, 4.69) is 20.7 Å². The number of benzene rings is 1. The summed E-state index contributed by atoms with van der Waals surface area (Å²) in [5.74, 6) is 0.419. The minimum absolute atomic E-state index is 0.220. The highest BCUT2D eigenvalue weighted by atomic mass is 35.5. The Labute approximate surface area is 155 Å². The molecule has 24 heavy (non-hydrogen) atoms. The van der Waals surface area contributed by atoms with Crippen molar-refractivity contribution in [2.24, 2.45) is 0 Å². The molecule has 3 rings (SSSR count). The van der Waals surface area contributed by atoms with Crippen LogP contribution < -0.4 is 10.6 Å². The summed E-state index contributed by atoms with van der Waals surface area (Å²) in [6, 6.07) is 5.40. The van der Waals surface area contributed by atoms with Gasteiger partial charge < -0.3 is 10.1 Å². The van der Waals surface area contributed by atoms with Gasteiger partial charge in [0.25, 0.3) is 0 Å². The summed E-state index contributed by atoms with van der Waals surface area (Å²) in [5, 5.41) is 12.1. The van der Waals surface area contributed by atoms with Gasteiger partial charge in [0.15, 0.2) is 5.11 Å². The number of halogens is 2. The molecule has 1 saturated heterocycles. The first kappa shape index (κ1) is 17.4. The van der Waals surface area contributed by atoms with Crippen molar-refractivity contribution in [3.63, 3.8) is 0 Å². The Kier molecular flexibility index (Phi) is 5.89. The SMILES string of the molecule is S=C(NCC1CCCO1)Nc1ncn(Cc2c(Cl)cccc2Cl)n1. The number of hydrogen-bond acceptors (Lipinski definition) is 4. The summed E-state index contributed by atoms with van der Waals surface area (Å²) in [6.45, 7) is 1.94. The molecule has 0 radical (unpaired) electrons. The van der Waals surface area contributed by atoms with E-state index in [9.17, 15) is 0 Å². The number of thiocarbonyl (C=S) groups is 1. The van der Waals surface area contributed by atoms with Crippen molar-refractivity contribution in [3.05, 3.63) is 40.1 Å². The standard InChI is InChI=1S/C15H17Cl2N5OS/c16-12-4-1-5-13(17)11(12)8-22-9-19-14(21-22)20-15(24)18-7-10-3-2-6-23-10/h1,4-5,9-10H,2-3,6-8H2,(H2,18,20,21,24). The lowest BCUT2D eigenvalue weighted by molar-refractivity contribution is 0.114. The molecule has 1 aromatic heterocycles. The molecule has 1 atom stereocenters. The first-order valence-corrected chi connectivity index (χ1v) is 8.77. The quantitative estimate of drug-likeness (QED) is 0.770. The van der Waals surface area contributed by atoms with E-state index >= 15 is 0 Å². The predicted molar refractivity (Wildman–Crippen MR) is 98.8 cm³/mol. The van der Waals surface area contributed by atoms with Crippen LogP contribution in [0.3, 0.4) is 0 Å². The lowest BCUT2D eigenvalue weighted by Gasteiger charge is -2.12. The third-order valence-corrected chi connectivity index (χ3v) is 4.61. The normalized spacial score (nSPS) is 17.0. The van der Waals surface area contributed by atoms with E-state index < -0.39 is 0 Å². The molecule has 1 unspecified atom stereocenters. The van der Waals surface area contributed by atoms with Crippen molar-refractivity contribution in [1.29, 1.82) is 0 Å². The Morgan fingerprint density at radius 1 is 1.38 bits per heavy atom. The van der Waals surface area contributed by atoms with Crippen molar-refractivity contribution < 1.29 is 4.74 Å². The molecule has 9 heteroatoms. The first-order chi connectivity index (χ1) is 11.6. The second-order valence-electron chi connectivity index (χ2n) is 5.44. The van der Waals surface area contributed by atoms with Crippen LogP contribution in [0.25, 0.3) is 0 Å². The minimum Gasteiger partial charge on any atom is -0.376 e. The smallest absolute Gasteiger partial charge is 0.248 e. The van der Waals surface area contributed by atoms with Crippen LogP contribution in [0.5, 0.6) is 0 Å². The van der Waals surface area contributed by atoms with Crippen molar-refractivity contribution in [1.82, 2.24) is 20.1 Å². The zero-order valence-corrected chi connectivity index (χ0v) is 15.2. The molecule has 1 fully saturated rings.